The Kier molecular flexibility index (Phi) is 6.45. The minimum Gasteiger partial charge on any atom is -0.316 e. The van der Waals surface area contributed by atoms with Gasteiger partial charge >= 0.3 is 0 Å². The van der Waals surface area contributed by atoms with E-state index in [-0.39, 0.29) is 19.0 Å². The van der Waals surface area contributed by atoms with Crippen LogP contribution in [0.4, 0.5) is 13.2 Å². The first-order valence-electron chi connectivity index (χ1n) is 6.25. The number of hydrogen-bond acceptors (Lipinski definition) is 3. The topological polar surface area (TPSA) is 58.2 Å². The average Bonchev–Trinajstić information content (AvgIpc) is 2.88. The van der Waals surface area contributed by atoms with Gasteiger partial charge in [0, 0.05) is 6.54 Å². The van der Waals surface area contributed by atoms with Gasteiger partial charge in [-0.3, -0.25) is 0 Å². The van der Waals surface area contributed by atoms with Gasteiger partial charge in [0.15, 0.2) is 17.5 Å². The standard InChI is InChI=1S/C12H15F3N2O2S.ClH/c13-9-1-2-10(12(15)11(9)14)20(18,19)17-6-4-8-3-5-16-7-8;/h1-2,8,16-17H,3-7H2;1H. The smallest absolute Gasteiger partial charge is 0.243 e. The van der Waals surface area contributed by atoms with E-state index in [4.69, 9.17) is 0 Å². The average molecular weight is 345 g/mol. The van der Waals surface area contributed by atoms with Crippen molar-refractivity contribution in [2.24, 2.45) is 5.92 Å². The molecule has 0 bridgehead atoms. The predicted molar refractivity (Wildman–Crippen MR) is 74.3 cm³/mol. The van der Waals surface area contributed by atoms with Crippen LogP contribution in [0.1, 0.15) is 12.8 Å². The van der Waals surface area contributed by atoms with Crippen molar-refractivity contribution in [3.8, 4) is 0 Å². The first kappa shape index (κ1) is 18.2. The highest BCUT2D eigenvalue weighted by Gasteiger charge is 2.24. The summed E-state index contributed by atoms with van der Waals surface area (Å²) in [5.41, 5.74) is 0. The molecule has 1 aromatic rings. The molecule has 0 aliphatic carbocycles. The molecular formula is C12H16ClF3N2O2S. The Morgan fingerprint density at radius 3 is 2.57 bits per heavy atom. The number of benzene rings is 1. The largest absolute Gasteiger partial charge is 0.316 e. The summed E-state index contributed by atoms with van der Waals surface area (Å²) in [5, 5.41) is 3.15. The van der Waals surface area contributed by atoms with E-state index in [1.165, 1.54) is 0 Å². The van der Waals surface area contributed by atoms with Crippen LogP contribution in [0.2, 0.25) is 0 Å². The number of rotatable bonds is 5. The van der Waals surface area contributed by atoms with Crippen LogP contribution >= 0.6 is 12.4 Å². The molecule has 0 spiro atoms. The van der Waals surface area contributed by atoms with Crippen LogP contribution < -0.4 is 10.0 Å². The van der Waals surface area contributed by atoms with Gasteiger partial charge in [-0.25, -0.2) is 26.3 Å². The third kappa shape index (κ3) is 4.32. The summed E-state index contributed by atoms with van der Waals surface area (Å²) in [5.74, 6) is -4.53. The van der Waals surface area contributed by atoms with Crippen molar-refractivity contribution < 1.29 is 21.6 Å². The molecule has 1 aliphatic heterocycles. The fourth-order valence-corrected chi connectivity index (χ4v) is 3.27. The molecule has 1 heterocycles. The summed E-state index contributed by atoms with van der Waals surface area (Å²) < 4.78 is 65.1. The van der Waals surface area contributed by atoms with Crippen molar-refractivity contribution in [1.82, 2.24) is 10.0 Å². The lowest BCUT2D eigenvalue weighted by molar-refractivity contribution is 0.431. The van der Waals surface area contributed by atoms with Crippen molar-refractivity contribution in [2.45, 2.75) is 17.7 Å². The summed E-state index contributed by atoms with van der Waals surface area (Å²) in [6.45, 7) is 1.85. The molecular weight excluding hydrogens is 329 g/mol. The Morgan fingerprint density at radius 2 is 1.95 bits per heavy atom. The second-order valence-corrected chi connectivity index (χ2v) is 6.45. The molecule has 0 amide bonds. The lowest BCUT2D eigenvalue weighted by Gasteiger charge is -2.11. The summed E-state index contributed by atoms with van der Waals surface area (Å²) in [4.78, 5) is -0.874. The lowest BCUT2D eigenvalue weighted by Crippen LogP contribution is -2.27. The first-order chi connectivity index (χ1) is 9.42. The van der Waals surface area contributed by atoms with E-state index in [9.17, 15) is 21.6 Å². The van der Waals surface area contributed by atoms with Crippen molar-refractivity contribution >= 4 is 22.4 Å². The fraction of sp³-hybridized carbons (Fsp3) is 0.500. The van der Waals surface area contributed by atoms with Gasteiger partial charge in [0.05, 0.1) is 0 Å². The van der Waals surface area contributed by atoms with E-state index in [2.05, 4.69) is 10.0 Å². The van der Waals surface area contributed by atoms with E-state index < -0.39 is 32.4 Å². The Hall–Kier alpha value is -0.830. The number of hydrogen-bond donors (Lipinski definition) is 2. The van der Waals surface area contributed by atoms with Crippen molar-refractivity contribution in [1.29, 1.82) is 0 Å². The summed E-state index contributed by atoms with van der Waals surface area (Å²) in [6, 6.07) is 1.31. The molecule has 9 heteroatoms. The molecule has 1 unspecified atom stereocenters. The van der Waals surface area contributed by atoms with E-state index in [1.54, 1.807) is 0 Å². The van der Waals surface area contributed by atoms with Crippen LogP contribution in [-0.4, -0.2) is 28.1 Å². The zero-order valence-corrected chi connectivity index (χ0v) is 12.7. The second kappa shape index (κ2) is 7.44. The highest BCUT2D eigenvalue weighted by atomic mass is 35.5. The van der Waals surface area contributed by atoms with Crippen LogP contribution in [0.5, 0.6) is 0 Å². The first-order valence-corrected chi connectivity index (χ1v) is 7.74. The van der Waals surface area contributed by atoms with E-state index in [0.29, 0.717) is 24.5 Å². The summed E-state index contributed by atoms with van der Waals surface area (Å²) in [6.07, 6.45) is 1.57. The lowest BCUT2D eigenvalue weighted by atomic mass is 10.1. The van der Waals surface area contributed by atoms with Gasteiger partial charge in [-0.1, -0.05) is 0 Å². The predicted octanol–water partition coefficient (Wildman–Crippen LogP) is 1.80. The molecule has 2 N–H and O–H groups in total. The molecule has 1 aromatic carbocycles. The molecule has 21 heavy (non-hydrogen) atoms. The Morgan fingerprint density at radius 1 is 1.24 bits per heavy atom. The molecule has 1 atom stereocenters. The van der Waals surface area contributed by atoms with Gasteiger partial charge in [-0.15, -0.1) is 12.4 Å². The van der Waals surface area contributed by atoms with Crippen LogP contribution in [0.15, 0.2) is 17.0 Å². The maximum Gasteiger partial charge on any atom is 0.243 e. The minimum absolute atomic E-state index is 0. The van der Waals surface area contributed by atoms with E-state index in [1.807, 2.05) is 0 Å². The van der Waals surface area contributed by atoms with Gasteiger partial charge in [0.25, 0.3) is 0 Å². The second-order valence-electron chi connectivity index (χ2n) is 4.72. The number of sulfonamides is 1. The van der Waals surface area contributed by atoms with Crippen LogP contribution in [0, 0.1) is 23.4 Å². The molecule has 4 nitrogen and oxygen atoms in total. The van der Waals surface area contributed by atoms with Crippen molar-refractivity contribution in [3.05, 3.63) is 29.6 Å². The zero-order valence-electron chi connectivity index (χ0n) is 11.0. The zero-order chi connectivity index (χ0) is 14.8. The summed E-state index contributed by atoms with van der Waals surface area (Å²) in [7, 11) is -4.17. The molecule has 1 saturated heterocycles. The van der Waals surface area contributed by atoms with Crippen LogP contribution in [0.3, 0.4) is 0 Å². The van der Waals surface area contributed by atoms with E-state index >= 15 is 0 Å². The van der Waals surface area contributed by atoms with Gasteiger partial charge in [0.1, 0.15) is 4.90 Å². The molecule has 2 rings (SSSR count). The third-order valence-electron chi connectivity index (χ3n) is 3.30. The normalized spacial score (nSPS) is 18.5. The molecule has 0 radical (unpaired) electrons. The summed E-state index contributed by atoms with van der Waals surface area (Å²) >= 11 is 0. The molecule has 0 saturated carbocycles. The third-order valence-corrected chi connectivity index (χ3v) is 4.77. The number of halogens is 4. The molecule has 1 fully saturated rings. The molecule has 1 aliphatic rings. The fourth-order valence-electron chi connectivity index (χ4n) is 2.15. The van der Waals surface area contributed by atoms with Gasteiger partial charge in [-0.2, -0.15) is 0 Å². The van der Waals surface area contributed by atoms with Crippen LogP contribution in [-0.2, 0) is 10.0 Å². The monoisotopic (exact) mass is 344 g/mol. The molecule has 120 valence electrons. The van der Waals surface area contributed by atoms with E-state index in [0.717, 1.165) is 19.5 Å². The van der Waals surface area contributed by atoms with Crippen molar-refractivity contribution in [3.63, 3.8) is 0 Å². The Bertz CT molecular complexity index is 592. The highest BCUT2D eigenvalue weighted by molar-refractivity contribution is 7.89. The minimum atomic E-state index is -4.17. The Labute approximate surface area is 127 Å². The van der Waals surface area contributed by atoms with Gasteiger partial charge in [-0.05, 0) is 44.0 Å². The Balaban J connectivity index is 0.00000220. The SMILES string of the molecule is Cl.O=S(=O)(NCCC1CCNC1)c1ccc(F)c(F)c1F. The van der Waals surface area contributed by atoms with Gasteiger partial charge < -0.3 is 5.32 Å². The van der Waals surface area contributed by atoms with Crippen LogP contribution in [0.25, 0.3) is 0 Å². The quantitative estimate of drug-likeness (QED) is 0.801. The highest BCUT2D eigenvalue weighted by Crippen LogP contribution is 2.19. The molecule has 0 aromatic heterocycles. The maximum atomic E-state index is 13.4. The van der Waals surface area contributed by atoms with Crippen molar-refractivity contribution in [2.75, 3.05) is 19.6 Å². The number of nitrogens with one attached hydrogen (secondary N) is 2. The van der Waals surface area contributed by atoms with Gasteiger partial charge in [0.2, 0.25) is 10.0 Å². The maximum absolute atomic E-state index is 13.4.